The Kier molecular flexibility index (Phi) is 9.73. The molecule has 0 aliphatic heterocycles. The Morgan fingerprint density at radius 3 is 1.93 bits per heavy atom. The predicted molar refractivity (Wildman–Crippen MR) is 123 cm³/mol. The molecule has 0 fully saturated rings. The fraction of sp³-hybridized carbons (Fsp3) is 0.583. The molecule has 0 N–H and O–H groups in total. The minimum atomic E-state index is -3.00. The van der Waals surface area contributed by atoms with Gasteiger partial charge in [0.1, 0.15) is 0 Å². The number of carbonyl (C=O) groups excluding carboxylic acids is 1. The molecule has 0 saturated heterocycles. The summed E-state index contributed by atoms with van der Waals surface area (Å²) in [6.07, 6.45) is 7.03. The van der Waals surface area contributed by atoms with E-state index in [0.29, 0.717) is 5.56 Å². The van der Waals surface area contributed by atoms with Crippen LogP contribution in [0, 0.1) is 13.8 Å². The first-order valence-corrected chi connectivity index (χ1v) is 18.5. The zero-order chi connectivity index (χ0) is 21.3. The van der Waals surface area contributed by atoms with Gasteiger partial charge in [0.15, 0.2) is 0 Å². The van der Waals surface area contributed by atoms with Crippen molar-refractivity contribution in [2.45, 2.75) is 86.5 Å². The third-order valence-corrected chi connectivity index (χ3v) is 18.4. The summed E-state index contributed by atoms with van der Waals surface area (Å²) in [4.78, 5) is 13.4. The zero-order valence-corrected chi connectivity index (χ0v) is 21.8. The summed E-state index contributed by atoms with van der Waals surface area (Å²) < 4.78 is 11.9. The van der Waals surface area contributed by atoms with Crippen molar-refractivity contribution in [1.82, 2.24) is 9.78 Å². The molecule has 0 aliphatic rings. The van der Waals surface area contributed by atoms with Crippen LogP contribution in [-0.4, -0.2) is 34.5 Å². The van der Waals surface area contributed by atoms with Crippen LogP contribution in [0.2, 0.25) is 13.3 Å². The van der Waals surface area contributed by atoms with Gasteiger partial charge in [-0.25, -0.2) is 0 Å². The van der Waals surface area contributed by atoms with E-state index in [0.717, 1.165) is 30.4 Å². The Morgan fingerprint density at radius 1 is 0.931 bits per heavy atom. The van der Waals surface area contributed by atoms with E-state index < -0.39 is 18.8 Å². The summed E-state index contributed by atoms with van der Waals surface area (Å²) in [5.74, 6) is -0.124. The number of nitrogens with zero attached hydrogens (tertiary/aromatic N) is 2. The summed E-state index contributed by atoms with van der Waals surface area (Å²) in [5, 5.41) is 4.66. The summed E-state index contributed by atoms with van der Waals surface area (Å²) in [7, 11) is 0. The molecule has 0 atom stereocenters. The van der Waals surface area contributed by atoms with Crippen molar-refractivity contribution < 1.29 is 7.87 Å². The molecule has 0 amide bonds. The number of aromatic nitrogens is 2. The Morgan fingerprint density at radius 2 is 1.45 bits per heavy atom. The molecular formula is C24H38N2O2Sn. The number of carbonyl (C=O) groups is 1. The van der Waals surface area contributed by atoms with E-state index in [4.69, 9.17) is 3.07 Å². The van der Waals surface area contributed by atoms with Gasteiger partial charge in [0.25, 0.3) is 0 Å². The molecule has 0 bridgehead atoms. The topological polar surface area (TPSA) is 44.1 Å². The molecule has 2 rings (SSSR count). The molecule has 0 unspecified atom stereocenters. The van der Waals surface area contributed by atoms with Gasteiger partial charge in [0.2, 0.25) is 0 Å². The van der Waals surface area contributed by atoms with E-state index in [2.05, 4.69) is 25.9 Å². The van der Waals surface area contributed by atoms with Gasteiger partial charge in [0, 0.05) is 0 Å². The van der Waals surface area contributed by atoms with E-state index in [-0.39, 0.29) is 5.97 Å². The van der Waals surface area contributed by atoms with Gasteiger partial charge in [-0.3, -0.25) is 0 Å². The maximum absolute atomic E-state index is 13.4. The maximum atomic E-state index is 13.4. The normalized spacial score (nSPS) is 11.6. The first kappa shape index (κ1) is 24.0. The fourth-order valence-electron chi connectivity index (χ4n) is 4.03. The molecule has 0 aliphatic carbocycles. The first-order valence-electron chi connectivity index (χ1n) is 11.3. The monoisotopic (exact) mass is 506 g/mol. The molecule has 160 valence electrons. The van der Waals surface area contributed by atoms with Crippen LogP contribution in [0.1, 0.15) is 81.0 Å². The Bertz CT molecular complexity index is 749. The van der Waals surface area contributed by atoms with Gasteiger partial charge >= 0.3 is 182 Å². The quantitative estimate of drug-likeness (QED) is 0.292. The van der Waals surface area contributed by atoms with Crippen molar-refractivity contribution in [2.75, 3.05) is 0 Å². The van der Waals surface area contributed by atoms with Gasteiger partial charge in [-0.05, 0) is 0 Å². The zero-order valence-electron chi connectivity index (χ0n) is 19.0. The summed E-state index contributed by atoms with van der Waals surface area (Å²) >= 11 is -3.00. The second kappa shape index (κ2) is 11.8. The van der Waals surface area contributed by atoms with E-state index in [1.807, 2.05) is 48.9 Å². The molecule has 1 aromatic heterocycles. The van der Waals surface area contributed by atoms with Gasteiger partial charge in [-0.15, -0.1) is 0 Å². The number of hydrogen-bond donors (Lipinski definition) is 0. The molecule has 29 heavy (non-hydrogen) atoms. The van der Waals surface area contributed by atoms with Crippen LogP contribution >= 0.6 is 0 Å². The fourth-order valence-corrected chi connectivity index (χ4v) is 17.0. The summed E-state index contributed by atoms with van der Waals surface area (Å²) in [6, 6.07) is 10.0. The molecule has 1 heterocycles. The van der Waals surface area contributed by atoms with Crippen LogP contribution in [0.15, 0.2) is 30.3 Å². The Balaban J connectivity index is 2.33. The summed E-state index contributed by atoms with van der Waals surface area (Å²) in [6.45, 7) is 10.6. The van der Waals surface area contributed by atoms with E-state index in [1.54, 1.807) is 0 Å². The number of aryl methyl sites for hydroxylation is 1. The van der Waals surface area contributed by atoms with Gasteiger partial charge in [-0.2, -0.15) is 0 Å². The van der Waals surface area contributed by atoms with Gasteiger partial charge in [0.05, 0.1) is 0 Å². The van der Waals surface area contributed by atoms with Crippen molar-refractivity contribution in [3.05, 3.63) is 47.3 Å². The van der Waals surface area contributed by atoms with Crippen LogP contribution in [-0.2, 0) is 3.07 Å². The standard InChI is InChI=1S/C12H12N2O2.3C4H9.Sn/c1-8-11(12(15)16)9(2)14(13-8)10-6-4-3-5-7-10;3*1-3-4-2;/h3-7H,1-2H3,(H,15,16);3*1,3-4H2,2H3;/q;;;;+1/p-1. The van der Waals surface area contributed by atoms with Crippen LogP contribution in [0.3, 0.4) is 0 Å². The molecular weight excluding hydrogens is 467 g/mol. The van der Waals surface area contributed by atoms with Crippen LogP contribution in [0.4, 0.5) is 0 Å². The molecule has 4 nitrogen and oxygen atoms in total. The molecule has 1 aromatic carbocycles. The van der Waals surface area contributed by atoms with Crippen molar-refractivity contribution in [3.8, 4) is 5.69 Å². The van der Waals surface area contributed by atoms with Gasteiger partial charge < -0.3 is 0 Å². The Hall–Kier alpha value is -1.30. The molecule has 0 radical (unpaired) electrons. The van der Waals surface area contributed by atoms with E-state index >= 15 is 0 Å². The number of para-hydroxylation sites is 1. The van der Waals surface area contributed by atoms with Crippen molar-refractivity contribution in [1.29, 1.82) is 0 Å². The molecule has 2 aromatic rings. The molecule has 5 heteroatoms. The summed E-state index contributed by atoms with van der Waals surface area (Å²) in [5.41, 5.74) is 3.28. The number of hydrogen-bond acceptors (Lipinski definition) is 3. The van der Waals surface area contributed by atoms with Crippen molar-refractivity contribution in [3.63, 3.8) is 0 Å². The van der Waals surface area contributed by atoms with Crippen LogP contribution in [0.5, 0.6) is 0 Å². The van der Waals surface area contributed by atoms with Gasteiger partial charge in [-0.1, -0.05) is 0 Å². The second-order valence-corrected chi connectivity index (χ2v) is 19.8. The van der Waals surface area contributed by atoms with E-state index in [9.17, 15) is 4.79 Å². The number of benzene rings is 1. The third-order valence-electron chi connectivity index (χ3n) is 5.76. The Labute approximate surface area is 181 Å². The third kappa shape index (κ3) is 6.34. The molecule has 0 spiro atoms. The van der Waals surface area contributed by atoms with Crippen LogP contribution in [0.25, 0.3) is 5.69 Å². The predicted octanol–water partition coefficient (Wildman–Crippen LogP) is 6.99. The average Bonchev–Trinajstić information content (AvgIpc) is 3.03. The second-order valence-electron chi connectivity index (χ2n) is 8.18. The van der Waals surface area contributed by atoms with Crippen molar-refractivity contribution >= 4 is 24.8 Å². The number of unbranched alkanes of at least 4 members (excludes halogenated alkanes) is 3. The average molecular weight is 505 g/mol. The van der Waals surface area contributed by atoms with Crippen molar-refractivity contribution in [2.24, 2.45) is 0 Å². The first-order chi connectivity index (χ1) is 14.0. The van der Waals surface area contributed by atoms with E-state index in [1.165, 1.54) is 38.5 Å². The minimum absolute atomic E-state index is 0.124. The van der Waals surface area contributed by atoms with Crippen LogP contribution < -0.4 is 0 Å². The molecule has 0 saturated carbocycles. The SMILES string of the molecule is CCC[CH2][Sn]([CH2]CCC)([CH2]CCC)[O]C(=O)c1c(C)nn(-c2ccccc2)c1C. The number of rotatable bonds is 12.